The van der Waals surface area contributed by atoms with Crippen LogP contribution in [-0.2, 0) is 0 Å². The number of furan rings is 1. The maximum atomic E-state index is 6.75. The van der Waals surface area contributed by atoms with Gasteiger partial charge in [0.05, 0.1) is 21.5 Å². The molecular weight excluding hydrogens is 711 g/mol. The van der Waals surface area contributed by atoms with E-state index in [9.17, 15) is 0 Å². The first-order valence-corrected chi connectivity index (χ1v) is 20.2. The second kappa shape index (κ2) is 12.7. The molecule has 0 atom stereocenters. The fourth-order valence-corrected chi connectivity index (χ4v) is 10.4. The molecule has 0 radical (unpaired) electrons. The number of hydrogen-bond acceptors (Lipinski definition) is 3. The van der Waals surface area contributed by atoms with Gasteiger partial charge in [0, 0.05) is 31.9 Å². The van der Waals surface area contributed by atoms with Crippen molar-refractivity contribution in [2.75, 3.05) is 4.90 Å². The van der Waals surface area contributed by atoms with Crippen LogP contribution in [0.1, 0.15) is 0 Å². The number of rotatable bonds is 5. The lowest BCUT2D eigenvalue weighted by Crippen LogP contribution is -2.10. The first-order chi connectivity index (χ1) is 28.3. The molecule has 0 aliphatic rings. The molecule has 0 spiro atoms. The zero-order valence-electron chi connectivity index (χ0n) is 30.8. The minimum atomic E-state index is 0.874. The Morgan fingerprint density at radius 2 is 0.947 bits per heavy atom. The second-order valence-electron chi connectivity index (χ2n) is 14.8. The average molecular weight is 744 g/mol. The Labute approximate surface area is 333 Å². The maximum Gasteiger partial charge on any atom is 0.143 e. The van der Waals surface area contributed by atoms with E-state index < -0.39 is 0 Å². The Hall–Kier alpha value is -7.20. The number of hydrogen-bond donors (Lipinski definition) is 0. The van der Waals surface area contributed by atoms with E-state index in [4.69, 9.17) is 4.42 Å². The van der Waals surface area contributed by atoms with Crippen LogP contribution < -0.4 is 4.90 Å². The van der Waals surface area contributed by atoms with Gasteiger partial charge in [-0.25, -0.2) is 0 Å². The molecule has 266 valence electrons. The van der Waals surface area contributed by atoms with Crippen LogP contribution in [0.4, 0.5) is 17.1 Å². The molecule has 0 bridgehead atoms. The summed E-state index contributed by atoms with van der Waals surface area (Å²) in [6, 6.07) is 72.7. The van der Waals surface area contributed by atoms with Crippen LogP contribution in [0.25, 0.3) is 96.7 Å². The van der Waals surface area contributed by atoms with Gasteiger partial charge in [-0.05, 0) is 91.6 Å². The van der Waals surface area contributed by atoms with Gasteiger partial charge in [-0.3, -0.25) is 0 Å². The van der Waals surface area contributed by atoms with Gasteiger partial charge in [0.1, 0.15) is 11.2 Å². The Balaban J connectivity index is 1.13. The van der Waals surface area contributed by atoms with Crippen molar-refractivity contribution >= 4 is 103 Å². The van der Waals surface area contributed by atoms with Crippen molar-refractivity contribution in [2.45, 2.75) is 0 Å². The molecular formula is C54H33NOS. The van der Waals surface area contributed by atoms with Crippen LogP contribution in [0.2, 0.25) is 0 Å². The van der Waals surface area contributed by atoms with Crippen LogP contribution in [-0.4, -0.2) is 0 Å². The van der Waals surface area contributed by atoms with Crippen LogP contribution in [0.5, 0.6) is 0 Å². The molecule has 0 amide bonds. The van der Waals surface area contributed by atoms with E-state index in [1.165, 1.54) is 69.4 Å². The highest BCUT2D eigenvalue weighted by molar-refractivity contribution is 7.26. The van der Waals surface area contributed by atoms with Gasteiger partial charge >= 0.3 is 0 Å². The van der Waals surface area contributed by atoms with Crippen molar-refractivity contribution in [2.24, 2.45) is 0 Å². The van der Waals surface area contributed by atoms with Crippen molar-refractivity contribution in [1.29, 1.82) is 0 Å². The van der Waals surface area contributed by atoms with E-state index in [2.05, 4.69) is 205 Å². The lowest BCUT2D eigenvalue weighted by atomic mass is 9.85. The van der Waals surface area contributed by atoms with Gasteiger partial charge in [0.25, 0.3) is 0 Å². The number of benzene rings is 10. The Bertz CT molecular complexity index is 3520. The van der Waals surface area contributed by atoms with Crippen molar-refractivity contribution < 1.29 is 4.42 Å². The Morgan fingerprint density at radius 1 is 0.368 bits per heavy atom. The molecule has 0 aliphatic carbocycles. The number of anilines is 3. The molecule has 2 nitrogen and oxygen atoms in total. The topological polar surface area (TPSA) is 16.4 Å². The quantitative estimate of drug-likeness (QED) is 0.163. The lowest BCUT2D eigenvalue weighted by Gasteiger charge is -2.27. The predicted molar refractivity (Wildman–Crippen MR) is 245 cm³/mol. The monoisotopic (exact) mass is 743 g/mol. The molecule has 3 heteroatoms. The van der Waals surface area contributed by atoms with Crippen molar-refractivity contribution in [1.82, 2.24) is 0 Å². The summed E-state index contributed by atoms with van der Waals surface area (Å²) in [7, 11) is 0. The largest absolute Gasteiger partial charge is 0.455 e. The summed E-state index contributed by atoms with van der Waals surface area (Å²) in [6.45, 7) is 0. The number of nitrogens with zero attached hydrogens (tertiary/aromatic N) is 1. The first-order valence-electron chi connectivity index (χ1n) is 19.4. The van der Waals surface area contributed by atoms with Crippen LogP contribution >= 0.6 is 11.3 Å². The molecule has 0 aliphatic heterocycles. The van der Waals surface area contributed by atoms with Gasteiger partial charge in [0.2, 0.25) is 0 Å². The molecule has 0 saturated carbocycles. The summed E-state index contributed by atoms with van der Waals surface area (Å²) in [4.78, 5) is 2.45. The van der Waals surface area contributed by atoms with E-state index in [1.807, 2.05) is 11.3 Å². The summed E-state index contributed by atoms with van der Waals surface area (Å²) < 4.78 is 9.29. The average Bonchev–Trinajstić information content (AvgIpc) is 3.87. The van der Waals surface area contributed by atoms with Crippen LogP contribution in [0.15, 0.2) is 205 Å². The molecule has 2 aromatic heterocycles. The highest BCUT2D eigenvalue weighted by Gasteiger charge is 2.24. The third kappa shape index (κ3) is 4.89. The fourth-order valence-electron chi connectivity index (χ4n) is 9.16. The Kier molecular flexibility index (Phi) is 7.13. The van der Waals surface area contributed by atoms with Crippen LogP contribution in [0.3, 0.4) is 0 Å². The smallest absolute Gasteiger partial charge is 0.143 e. The highest BCUT2D eigenvalue weighted by atomic mass is 32.1. The van der Waals surface area contributed by atoms with E-state index in [0.717, 1.165) is 44.4 Å². The predicted octanol–water partition coefficient (Wildman–Crippen LogP) is 16.2. The summed E-state index contributed by atoms with van der Waals surface area (Å²) in [5, 5.41) is 12.1. The van der Waals surface area contributed by atoms with Gasteiger partial charge in [-0.2, -0.15) is 0 Å². The molecule has 57 heavy (non-hydrogen) atoms. The molecule has 0 fully saturated rings. The van der Waals surface area contributed by atoms with Gasteiger partial charge in [-0.1, -0.05) is 158 Å². The van der Waals surface area contributed by atoms with E-state index in [1.54, 1.807) is 0 Å². The van der Waals surface area contributed by atoms with E-state index in [-0.39, 0.29) is 0 Å². The molecule has 2 heterocycles. The summed E-state index contributed by atoms with van der Waals surface area (Å²) in [5.74, 6) is 0. The highest BCUT2D eigenvalue weighted by Crippen LogP contribution is 2.50. The molecule has 10 aromatic carbocycles. The van der Waals surface area contributed by atoms with Crippen molar-refractivity contribution in [3.8, 4) is 22.3 Å². The SMILES string of the molecule is c1ccc(-c2c(-c3ccc(N(c4cccc5c4sc4ccccc45)c4cccc5oc6c7ccccc7ccc6c45)cc3)c3ccccc3c3ccccc23)cc1. The summed E-state index contributed by atoms with van der Waals surface area (Å²) >= 11 is 1.86. The van der Waals surface area contributed by atoms with E-state index >= 15 is 0 Å². The minimum absolute atomic E-state index is 0.874. The third-order valence-electron chi connectivity index (χ3n) is 11.6. The van der Waals surface area contributed by atoms with Gasteiger partial charge < -0.3 is 9.32 Å². The molecule has 0 N–H and O–H groups in total. The summed E-state index contributed by atoms with van der Waals surface area (Å²) in [5.41, 5.74) is 9.99. The zero-order valence-corrected chi connectivity index (χ0v) is 31.6. The standard InChI is InChI=1S/C54H33NOS/c1-2-15-35(16-3-1)50-42-21-8-6-18-39(42)40-19-7-9-22-43(40)51(50)36-28-31-37(32-29-36)55(47-25-12-23-44-41-20-10-11-27-49(41)57-54(44)47)46-24-13-26-48-52(46)45-33-30-34-14-4-5-17-38(34)53(45)56-48/h1-33H. The van der Waals surface area contributed by atoms with Crippen molar-refractivity contribution in [3.05, 3.63) is 200 Å². The first kappa shape index (κ1) is 32.1. The van der Waals surface area contributed by atoms with Crippen LogP contribution in [0, 0.1) is 0 Å². The molecule has 0 unspecified atom stereocenters. The third-order valence-corrected chi connectivity index (χ3v) is 12.8. The van der Waals surface area contributed by atoms with E-state index in [0.29, 0.717) is 0 Å². The fraction of sp³-hybridized carbons (Fsp3) is 0. The summed E-state index contributed by atoms with van der Waals surface area (Å²) in [6.07, 6.45) is 0. The molecule has 12 rings (SSSR count). The maximum absolute atomic E-state index is 6.75. The molecule has 12 aromatic rings. The van der Waals surface area contributed by atoms with Gasteiger partial charge in [0.15, 0.2) is 0 Å². The van der Waals surface area contributed by atoms with Crippen molar-refractivity contribution in [3.63, 3.8) is 0 Å². The zero-order chi connectivity index (χ0) is 37.5. The minimum Gasteiger partial charge on any atom is -0.455 e. The van der Waals surface area contributed by atoms with Gasteiger partial charge in [-0.15, -0.1) is 11.3 Å². The molecule has 0 saturated heterocycles. The Morgan fingerprint density at radius 3 is 1.70 bits per heavy atom. The lowest BCUT2D eigenvalue weighted by molar-refractivity contribution is 0.672. The second-order valence-corrected chi connectivity index (χ2v) is 15.8. The number of fused-ring (bicyclic) bond motifs is 11. The number of thiophene rings is 1. The normalized spacial score (nSPS) is 11.9.